The normalized spacial score (nSPS) is 16.2. The van der Waals surface area contributed by atoms with Gasteiger partial charge in [0.25, 0.3) is 0 Å². The van der Waals surface area contributed by atoms with E-state index in [0.29, 0.717) is 13.0 Å². The van der Waals surface area contributed by atoms with Crippen molar-refractivity contribution in [3.8, 4) is 0 Å². The van der Waals surface area contributed by atoms with Crippen molar-refractivity contribution in [3.05, 3.63) is 22.4 Å². The second-order valence-electron chi connectivity index (χ2n) is 4.40. The molecule has 0 aromatic carbocycles. The van der Waals surface area contributed by atoms with Gasteiger partial charge in [-0.1, -0.05) is 6.92 Å². The molecule has 0 fully saturated rings. The Kier molecular flexibility index (Phi) is 5.11. The molecule has 0 radical (unpaired) electrons. The zero-order chi connectivity index (χ0) is 12.9. The number of aliphatic hydroxyl groups is 1. The van der Waals surface area contributed by atoms with Crippen LogP contribution in [0.3, 0.4) is 0 Å². The summed E-state index contributed by atoms with van der Waals surface area (Å²) in [5, 5.41) is 16.4. The monoisotopic (exact) mass is 256 g/mol. The summed E-state index contributed by atoms with van der Waals surface area (Å²) in [6, 6.07) is 1.85. The molecule has 0 aliphatic heterocycles. The molecule has 0 saturated carbocycles. The lowest BCUT2D eigenvalue weighted by Crippen LogP contribution is -2.44. The zero-order valence-electron chi connectivity index (χ0n) is 10.3. The lowest BCUT2D eigenvalue weighted by atomic mass is 9.86. The number of carbonyl (C=O) groups excluding carboxylic acids is 1. The standard InChI is InChI=1S/C12H20N2O2S/c1-3-12(2,8-13)11(16)14-6-10(15)9-4-5-17-7-9/h4-5,7,10,15H,3,6,8,13H2,1-2H3,(H,14,16). The van der Waals surface area contributed by atoms with E-state index < -0.39 is 11.5 Å². The number of amides is 1. The van der Waals surface area contributed by atoms with Crippen LogP contribution in [0, 0.1) is 5.41 Å². The highest BCUT2D eigenvalue weighted by Gasteiger charge is 2.29. The lowest BCUT2D eigenvalue weighted by Gasteiger charge is -2.25. The third kappa shape index (κ3) is 3.52. The summed E-state index contributed by atoms with van der Waals surface area (Å²) in [4.78, 5) is 11.9. The first kappa shape index (κ1) is 14.2. The Hall–Kier alpha value is -0.910. The molecule has 0 saturated heterocycles. The van der Waals surface area contributed by atoms with E-state index in [4.69, 9.17) is 5.73 Å². The van der Waals surface area contributed by atoms with Crippen LogP contribution in [0.25, 0.3) is 0 Å². The summed E-state index contributed by atoms with van der Waals surface area (Å²) >= 11 is 1.52. The predicted molar refractivity (Wildman–Crippen MR) is 69.7 cm³/mol. The van der Waals surface area contributed by atoms with E-state index >= 15 is 0 Å². The smallest absolute Gasteiger partial charge is 0.227 e. The van der Waals surface area contributed by atoms with Crippen molar-refractivity contribution in [2.75, 3.05) is 13.1 Å². The molecule has 2 atom stereocenters. The molecule has 0 spiro atoms. The molecule has 1 heterocycles. The molecule has 1 aromatic heterocycles. The maximum atomic E-state index is 11.9. The van der Waals surface area contributed by atoms with Crippen LogP contribution in [0.15, 0.2) is 16.8 Å². The summed E-state index contributed by atoms with van der Waals surface area (Å²) in [5.41, 5.74) is 5.88. The molecule has 0 aliphatic rings. The van der Waals surface area contributed by atoms with Crippen molar-refractivity contribution in [1.29, 1.82) is 0 Å². The van der Waals surface area contributed by atoms with Crippen molar-refractivity contribution in [3.63, 3.8) is 0 Å². The third-order valence-electron chi connectivity index (χ3n) is 3.16. The highest BCUT2D eigenvalue weighted by Crippen LogP contribution is 2.20. The van der Waals surface area contributed by atoms with Gasteiger partial charge in [-0.05, 0) is 35.7 Å². The van der Waals surface area contributed by atoms with E-state index in [2.05, 4.69) is 5.32 Å². The van der Waals surface area contributed by atoms with Crippen LogP contribution in [0.2, 0.25) is 0 Å². The fraction of sp³-hybridized carbons (Fsp3) is 0.583. The van der Waals surface area contributed by atoms with Gasteiger partial charge >= 0.3 is 0 Å². The largest absolute Gasteiger partial charge is 0.387 e. The van der Waals surface area contributed by atoms with Crippen molar-refractivity contribution >= 4 is 17.2 Å². The highest BCUT2D eigenvalue weighted by atomic mass is 32.1. The van der Waals surface area contributed by atoms with Gasteiger partial charge in [0, 0.05) is 13.1 Å². The summed E-state index contributed by atoms with van der Waals surface area (Å²) < 4.78 is 0. The second kappa shape index (κ2) is 6.14. The Labute approximate surface area is 106 Å². The number of aliphatic hydroxyl groups excluding tert-OH is 1. The predicted octanol–water partition coefficient (Wildman–Crippen LogP) is 1.27. The minimum atomic E-state index is -0.649. The maximum Gasteiger partial charge on any atom is 0.227 e. The Morgan fingerprint density at radius 3 is 2.88 bits per heavy atom. The maximum absolute atomic E-state index is 11.9. The van der Waals surface area contributed by atoms with Gasteiger partial charge in [-0.15, -0.1) is 0 Å². The summed E-state index contributed by atoms with van der Waals surface area (Å²) in [7, 11) is 0. The van der Waals surface area contributed by atoms with E-state index in [0.717, 1.165) is 5.56 Å². The van der Waals surface area contributed by atoms with Gasteiger partial charge < -0.3 is 16.2 Å². The van der Waals surface area contributed by atoms with Crippen LogP contribution in [0.5, 0.6) is 0 Å². The van der Waals surface area contributed by atoms with Crippen LogP contribution < -0.4 is 11.1 Å². The minimum Gasteiger partial charge on any atom is -0.387 e. The lowest BCUT2D eigenvalue weighted by molar-refractivity contribution is -0.130. The SMILES string of the molecule is CCC(C)(CN)C(=O)NCC(O)c1ccsc1. The number of hydrogen-bond donors (Lipinski definition) is 3. The molecule has 2 unspecified atom stereocenters. The van der Waals surface area contributed by atoms with Crippen molar-refractivity contribution in [2.45, 2.75) is 26.4 Å². The number of hydrogen-bond acceptors (Lipinski definition) is 4. The average Bonchev–Trinajstić information content (AvgIpc) is 2.88. The quantitative estimate of drug-likeness (QED) is 0.717. The topological polar surface area (TPSA) is 75.4 Å². The van der Waals surface area contributed by atoms with E-state index in [-0.39, 0.29) is 12.5 Å². The minimum absolute atomic E-state index is 0.100. The average molecular weight is 256 g/mol. The Balaban J connectivity index is 2.48. The van der Waals surface area contributed by atoms with Crippen LogP contribution in [-0.2, 0) is 4.79 Å². The van der Waals surface area contributed by atoms with Gasteiger partial charge in [0.2, 0.25) is 5.91 Å². The molecular formula is C12H20N2O2S. The van der Waals surface area contributed by atoms with Gasteiger partial charge in [0.1, 0.15) is 0 Å². The number of nitrogens with two attached hydrogens (primary N) is 1. The summed E-state index contributed by atoms with van der Waals surface area (Å²) in [5.74, 6) is -0.100. The Morgan fingerprint density at radius 2 is 2.41 bits per heavy atom. The number of nitrogens with one attached hydrogen (secondary N) is 1. The number of carbonyl (C=O) groups is 1. The van der Waals surface area contributed by atoms with Crippen LogP contribution >= 0.6 is 11.3 Å². The van der Waals surface area contributed by atoms with E-state index in [1.807, 2.05) is 30.7 Å². The van der Waals surface area contributed by atoms with Gasteiger partial charge in [0.15, 0.2) is 0 Å². The molecule has 96 valence electrons. The van der Waals surface area contributed by atoms with Crippen molar-refractivity contribution < 1.29 is 9.90 Å². The molecule has 0 aliphatic carbocycles. The summed E-state index contributed by atoms with van der Waals surface area (Å²) in [6.07, 6.45) is 0.0354. The first-order chi connectivity index (χ1) is 8.03. The van der Waals surface area contributed by atoms with Crippen LogP contribution in [0.4, 0.5) is 0 Å². The van der Waals surface area contributed by atoms with E-state index in [9.17, 15) is 9.90 Å². The molecular weight excluding hydrogens is 236 g/mol. The second-order valence-corrected chi connectivity index (χ2v) is 5.18. The van der Waals surface area contributed by atoms with Crippen LogP contribution in [0.1, 0.15) is 31.9 Å². The molecule has 1 rings (SSSR count). The van der Waals surface area contributed by atoms with Gasteiger partial charge in [-0.25, -0.2) is 0 Å². The molecule has 1 amide bonds. The fourth-order valence-electron chi connectivity index (χ4n) is 1.38. The molecule has 4 nitrogen and oxygen atoms in total. The Morgan fingerprint density at radius 1 is 1.71 bits per heavy atom. The first-order valence-corrected chi connectivity index (χ1v) is 6.66. The third-order valence-corrected chi connectivity index (χ3v) is 3.86. The van der Waals surface area contributed by atoms with E-state index in [1.165, 1.54) is 11.3 Å². The van der Waals surface area contributed by atoms with E-state index in [1.54, 1.807) is 0 Å². The number of rotatable bonds is 6. The molecule has 17 heavy (non-hydrogen) atoms. The summed E-state index contributed by atoms with van der Waals surface area (Å²) in [6.45, 7) is 4.30. The van der Waals surface area contributed by atoms with Gasteiger partial charge in [0.05, 0.1) is 11.5 Å². The Bertz CT molecular complexity index is 347. The number of thiophene rings is 1. The fourth-order valence-corrected chi connectivity index (χ4v) is 2.09. The molecule has 4 N–H and O–H groups in total. The first-order valence-electron chi connectivity index (χ1n) is 5.72. The van der Waals surface area contributed by atoms with Crippen LogP contribution in [-0.4, -0.2) is 24.1 Å². The zero-order valence-corrected chi connectivity index (χ0v) is 11.1. The molecule has 1 aromatic rings. The highest BCUT2D eigenvalue weighted by molar-refractivity contribution is 7.07. The molecule has 5 heteroatoms. The van der Waals surface area contributed by atoms with Gasteiger partial charge in [-0.2, -0.15) is 11.3 Å². The van der Waals surface area contributed by atoms with Crippen molar-refractivity contribution in [1.82, 2.24) is 5.32 Å². The van der Waals surface area contributed by atoms with Crippen molar-refractivity contribution in [2.24, 2.45) is 11.1 Å². The van der Waals surface area contributed by atoms with Gasteiger partial charge in [-0.3, -0.25) is 4.79 Å². The molecule has 0 bridgehead atoms.